The van der Waals surface area contributed by atoms with E-state index in [1.54, 1.807) is 18.4 Å². The van der Waals surface area contributed by atoms with Gasteiger partial charge in [0.05, 0.1) is 6.42 Å². The molecule has 0 aliphatic rings. The van der Waals surface area contributed by atoms with Crippen molar-refractivity contribution >= 4 is 17.2 Å². The molecule has 0 saturated carbocycles. The van der Waals surface area contributed by atoms with Gasteiger partial charge in [0.1, 0.15) is 0 Å². The fraction of sp³-hybridized carbons (Fsp3) is 0.444. The maximum atomic E-state index is 11.0. The Labute approximate surface area is 76.6 Å². The van der Waals surface area contributed by atoms with Crippen LogP contribution >= 0.6 is 11.3 Å². The van der Waals surface area contributed by atoms with Crippen LogP contribution in [-0.4, -0.2) is 13.0 Å². The van der Waals surface area contributed by atoms with E-state index in [0.29, 0.717) is 6.42 Å². The summed E-state index contributed by atoms with van der Waals surface area (Å²) in [5.41, 5.74) is 0. The van der Waals surface area contributed by atoms with Crippen LogP contribution < -0.4 is 5.32 Å². The van der Waals surface area contributed by atoms with Gasteiger partial charge < -0.3 is 5.32 Å². The molecule has 1 heterocycles. The molecular weight excluding hydrogens is 170 g/mol. The zero-order valence-electron chi connectivity index (χ0n) is 7.39. The number of likely N-dealkylation sites (N-methyl/N-ethyl adjacent to an activating group) is 1. The first-order valence-corrected chi connectivity index (χ1v) is 4.86. The average Bonchev–Trinajstić information content (AvgIpc) is 2.52. The van der Waals surface area contributed by atoms with Gasteiger partial charge in [0.15, 0.2) is 0 Å². The van der Waals surface area contributed by atoms with E-state index in [4.69, 9.17) is 0 Å². The maximum absolute atomic E-state index is 11.0. The molecule has 0 spiro atoms. The van der Waals surface area contributed by atoms with Gasteiger partial charge in [0.25, 0.3) is 0 Å². The van der Waals surface area contributed by atoms with Gasteiger partial charge in [-0.1, -0.05) is 6.92 Å². The third kappa shape index (κ3) is 2.34. The summed E-state index contributed by atoms with van der Waals surface area (Å²) in [4.78, 5) is 13.5. The van der Waals surface area contributed by atoms with Crippen molar-refractivity contribution in [3.05, 3.63) is 21.9 Å². The first-order valence-electron chi connectivity index (χ1n) is 4.04. The van der Waals surface area contributed by atoms with E-state index in [9.17, 15) is 4.79 Å². The van der Waals surface area contributed by atoms with Crippen molar-refractivity contribution in [1.82, 2.24) is 5.32 Å². The Kier molecular flexibility index (Phi) is 3.29. The number of rotatable bonds is 3. The Morgan fingerprint density at radius 2 is 2.17 bits per heavy atom. The Hall–Kier alpha value is -0.830. The van der Waals surface area contributed by atoms with Gasteiger partial charge in [-0.05, 0) is 18.6 Å². The average molecular weight is 183 g/mol. The molecule has 2 nitrogen and oxygen atoms in total. The second kappa shape index (κ2) is 4.26. The van der Waals surface area contributed by atoms with Gasteiger partial charge in [0.2, 0.25) is 5.91 Å². The number of amides is 1. The molecule has 12 heavy (non-hydrogen) atoms. The second-order valence-electron chi connectivity index (χ2n) is 2.57. The summed E-state index contributed by atoms with van der Waals surface area (Å²) >= 11 is 1.72. The van der Waals surface area contributed by atoms with E-state index in [0.717, 1.165) is 11.3 Å². The van der Waals surface area contributed by atoms with E-state index in [2.05, 4.69) is 18.3 Å². The number of carbonyl (C=O) groups excluding carboxylic acids is 1. The minimum atomic E-state index is 0.0829. The molecule has 0 aliphatic heterocycles. The molecule has 66 valence electrons. The molecule has 3 heteroatoms. The van der Waals surface area contributed by atoms with Crippen LogP contribution in [0.5, 0.6) is 0 Å². The van der Waals surface area contributed by atoms with Gasteiger partial charge in [0, 0.05) is 16.8 Å². The lowest BCUT2D eigenvalue weighted by Gasteiger charge is -1.94. The summed E-state index contributed by atoms with van der Waals surface area (Å²) in [6, 6.07) is 4.11. The Bertz CT molecular complexity index is 267. The van der Waals surface area contributed by atoms with Gasteiger partial charge in [-0.2, -0.15) is 0 Å². The lowest BCUT2D eigenvalue weighted by atomic mass is 10.3. The number of thiophene rings is 1. The highest BCUT2D eigenvalue weighted by atomic mass is 32.1. The lowest BCUT2D eigenvalue weighted by Crippen LogP contribution is -2.19. The predicted molar refractivity (Wildman–Crippen MR) is 51.5 cm³/mol. The molecule has 1 amide bonds. The molecule has 0 aromatic carbocycles. The smallest absolute Gasteiger partial charge is 0.224 e. The van der Waals surface area contributed by atoms with Crippen molar-refractivity contribution < 1.29 is 4.79 Å². The van der Waals surface area contributed by atoms with Crippen LogP contribution in [0.1, 0.15) is 16.7 Å². The fourth-order valence-electron chi connectivity index (χ4n) is 0.954. The molecule has 0 bridgehead atoms. The normalized spacial score (nSPS) is 9.83. The molecule has 1 rings (SSSR count). The minimum Gasteiger partial charge on any atom is -0.359 e. The van der Waals surface area contributed by atoms with E-state index in [1.807, 2.05) is 6.07 Å². The van der Waals surface area contributed by atoms with Gasteiger partial charge in [-0.15, -0.1) is 11.3 Å². The van der Waals surface area contributed by atoms with Gasteiger partial charge >= 0.3 is 0 Å². The topological polar surface area (TPSA) is 29.1 Å². The summed E-state index contributed by atoms with van der Waals surface area (Å²) in [6.07, 6.45) is 1.57. The summed E-state index contributed by atoms with van der Waals surface area (Å²) in [7, 11) is 1.66. The molecule has 0 aliphatic carbocycles. The third-order valence-electron chi connectivity index (χ3n) is 1.68. The largest absolute Gasteiger partial charge is 0.359 e. The highest BCUT2D eigenvalue weighted by Crippen LogP contribution is 2.16. The molecule has 0 fully saturated rings. The molecule has 1 aromatic rings. The summed E-state index contributed by atoms with van der Waals surface area (Å²) in [6.45, 7) is 2.12. The lowest BCUT2D eigenvalue weighted by molar-refractivity contribution is -0.119. The SMILES string of the molecule is CCc1ccc(CC(=O)NC)s1. The van der Waals surface area contributed by atoms with Crippen molar-refractivity contribution in [2.45, 2.75) is 19.8 Å². The molecule has 1 N–H and O–H groups in total. The van der Waals surface area contributed by atoms with Crippen molar-refractivity contribution in [2.75, 3.05) is 7.05 Å². The standard InChI is InChI=1S/C9H13NOS/c1-3-7-4-5-8(12-7)6-9(11)10-2/h4-5H,3,6H2,1-2H3,(H,10,11). The van der Waals surface area contributed by atoms with Crippen molar-refractivity contribution in [3.63, 3.8) is 0 Å². The number of aryl methyl sites for hydroxylation is 1. The quantitative estimate of drug-likeness (QED) is 0.757. The minimum absolute atomic E-state index is 0.0829. The summed E-state index contributed by atoms with van der Waals surface area (Å²) in [5.74, 6) is 0.0829. The number of hydrogen-bond donors (Lipinski definition) is 1. The Morgan fingerprint density at radius 1 is 1.50 bits per heavy atom. The second-order valence-corrected chi connectivity index (χ2v) is 3.82. The monoisotopic (exact) mass is 183 g/mol. The van der Waals surface area contributed by atoms with E-state index >= 15 is 0 Å². The number of hydrogen-bond acceptors (Lipinski definition) is 2. The maximum Gasteiger partial charge on any atom is 0.224 e. The van der Waals surface area contributed by atoms with Crippen molar-refractivity contribution in [1.29, 1.82) is 0 Å². The molecule has 0 radical (unpaired) electrons. The summed E-state index contributed by atoms with van der Waals surface area (Å²) in [5, 5.41) is 2.61. The number of nitrogens with one attached hydrogen (secondary N) is 1. The van der Waals surface area contributed by atoms with E-state index in [-0.39, 0.29) is 5.91 Å². The van der Waals surface area contributed by atoms with E-state index in [1.165, 1.54) is 4.88 Å². The number of carbonyl (C=O) groups is 1. The fourth-order valence-corrected chi connectivity index (χ4v) is 1.91. The zero-order valence-corrected chi connectivity index (χ0v) is 8.20. The molecule has 0 atom stereocenters. The molecule has 0 unspecified atom stereocenters. The molecular formula is C9H13NOS. The van der Waals surface area contributed by atoms with Crippen LogP contribution in [-0.2, 0) is 17.6 Å². The van der Waals surface area contributed by atoms with Crippen molar-refractivity contribution in [2.24, 2.45) is 0 Å². The van der Waals surface area contributed by atoms with Gasteiger partial charge in [-0.3, -0.25) is 4.79 Å². The van der Waals surface area contributed by atoms with Crippen LogP contribution in [0.2, 0.25) is 0 Å². The van der Waals surface area contributed by atoms with Crippen LogP contribution in [0.15, 0.2) is 12.1 Å². The third-order valence-corrected chi connectivity index (χ3v) is 2.91. The van der Waals surface area contributed by atoms with Crippen LogP contribution in [0, 0.1) is 0 Å². The van der Waals surface area contributed by atoms with E-state index < -0.39 is 0 Å². The molecule has 1 aromatic heterocycles. The Morgan fingerprint density at radius 3 is 2.67 bits per heavy atom. The Balaban J connectivity index is 2.58. The van der Waals surface area contributed by atoms with Crippen LogP contribution in [0.3, 0.4) is 0 Å². The van der Waals surface area contributed by atoms with Crippen LogP contribution in [0.4, 0.5) is 0 Å². The first kappa shape index (κ1) is 9.26. The first-order chi connectivity index (χ1) is 5.76. The molecule has 0 saturated heterocycles. The van der Waals surface area contributed by atoms with Crippen LogP contribution in [0.25, 0.3) is 0 Å². The van der Waals surface area contributed by atoms with Crippen molar-refractivity contribution in [3.8, 4) is 0 Å². The highest BCUT2D eigenvalue weighted by molar-refractivity contribution is 7.12. The van der Waals surface area contributed by atoms with Gasteiger partial charge in [-0.25, -0.2) is 0 Å². The zero-order chi connectivity index (χ0) is 8.97. The highest BCUT2D eigenvalue weighted by Gasteiger charge is 2.02. The summed E-state index contributed by atoms with van der Waals surface area (Å²) < 4.78 is 0. The predicted octanol–water partition coefficient (Wildman–Crippen LogP) is 1.60.